The summed E-state index contributed by atoms with van der Waals surface area (Å²) in [6.45, 7) is 1.24. The predicted octanol–water partition coefficient (Wildman–Crippen LogP) is 1.90. The third-order valence-electron chi connectivity index (χ3n) is 1.81. The highest BCUT2D eigenvalue weighted by Crippen LogP contribution is 2.25. The number of hydrogen-bond donors (Lipinski definition) is 1. The molecule has 6 heteroatoms. The maximum Gasteiger partial charge on any atom is 0.354 e. The first-order chi connectivity index (χ1) is 6.97. The molecule has 1 N–H and O–H groups in total. The van der Waals surface area contributed by atoms with Gasteiger partial charge in [0.1, 0.15) is 5.69 Å². The first-order valence-electron chi connectivity index (χ1n) is 3.90. The van der Waals surface area contributed by atoms with Crippen LogP contribution in [0.25, 0.3) is 0 Å². The second-order valence-corrected chi connectivity index (χ2v) is 2.77. The molecule has 0 aliphatic rings. The Hall–Kier alpha value is -2.03. The number of halogens is 2. The van der Waals surface area contributed by atoms with Crippen LogP contribution in [0.5, 0.6) is 0 Å². The van der Waals surface area contributed by atoms with Crippen molar-refractivity contribution >= 4 is 5.97 Å². The molecule has 1 aromatic rings. The van der Waals surface area contributed by atoms with Crippen LogP contribution in [0.3, 0.4) is 0 Å². The Labute approximate surface area is 83.8 Å². The number of nitriles is 1. The first-order valence-corrected chi connectivity index (χ1v) is 3.90. The number of alkyl halides is 2. The minimum absolute atomic E-state index is 0.138. The van der Waals surface area contributed by atoms with Gasteiger partial charge >= 0.3 is 5.97 Å². The number of pyridine rings is 1. The molecule has 78 valence electrons. The van der Waals surface area contributed by atoms with E-state index in [9.17, 15) is 13.6 Å². The van der Waals surface area contributed by atoms with Crippen molar-refractivity contribution in [3.05, 3.63) is 28.6 Å². The lowest BCUT2D eigenvalue weighted by Gasteiger charge is -2.06. The summed E-state index contributed by atoms with van der Waals surface area (Å²) < 4.78 is 24.9. The summed E-state index contributed by atoms with van der Waals surface area (Å²) in [5.74, 6) is -1.35. The molecule has 1 heterocycles. The third-order valence-corrected chi connectivity index (χ3v) is 1.81. The number of aromatic carboxylic acids is 1. The number of rotatable bonds is 2. The Kier molecular flexibility index (Phi) is 2.95. The monoisotopic (exact) mass is 212 g/mol. The highest BCUT2D eigenvalue weighted by Gasteiger charge is 2.20. The lowest BCUT2D eigenvalue weighted by atomic mass is 10.1. The van der Waals surface area contributed by atoms with Crippen molar-refractivity contribution in [1.82, 2.24) is 4.98 Å². The maximum absolute atomic E-state index is 12.5. The standard InChI is InChI=1S/C9H6F2N2O2/c1-4-7(8(10)11)5(3-12)2-6(13-4)9(14)15/h2,8H,1H3,(H,14,15). The van der Waals surface area contributed by atoms with Crippen molar-refractivity contribution < 1.29 is 18.7 Å². The van der Waals surface area contributed by atoms with E-state index < -0.39 is 23.7 Å². The molecular formula is C9H6F2N2O2. The Morgan fingerprint density at radius 3 is 2.67 bits per heavy atom. The van der Waals surface area contributed by atoms with Gasteiger partial charge < -0.3 is 5.11 Å². The largest absolute Gasteiger partial charge is 0.477 e. The third kappa shape index (κ3) is 2.07. The quantitative estimate of drug-likeness (QED) is 0.812. The van der Waals surface area contributed by atoms with Crippen LogP contribution in [-0.4, -0.2) is 16.1 Å². The molecule has 0 radical (unpaired) electrons. The second kappa shape index (κ2) is 4.00. The van der Waals surface area contributed by atoms with Gasteiger partial charge in [0.15, 0.2) is 0 Å². The van der Waals surface area contributed by atoms with Gasteiger partial charge in [-0.15, -0.1) is 0 Å². The maximum atomic E-state index is 12.5. The molecule has 1 rings (SSSR count). The van der Waals surface area contributed by atoms with Gasteiger partial charge in [-0.1, -0.05) is 0 Å². The average molecular weight is 212 g/mol. The Bertz CT molecular complexity index is 452. The number of aryl methyl sites for hydroxylation is 1. The van der Waals surface area contributed by atoms with Crippen molar-refractivity contribution in [2.45, 2.75) is 13.3 Å². The van der Waals surface area contributed by atoms with Crippen LogP contribution in [-0.2, 0) is 0 Å². The van der Waals surface area contributed by atoms with Crippen molar-refractivity contribution in [3.63, 3.8) is 0 Å². The second-order valence-electron chi connectivity index (χ2n) is 2.77. The van der Waals surface area contributed by atoms with Crippen LogP contribution < -0.4 is 0 Å². The van der Waals surface area contributed by atoms with Crippen LogP contribution in [0.1, 0.15) is 33.7 Å². The molecule has 0 fully saturated rings. The van der Waals surface area contributed by atoms with Gasteiger partial charge in [-0.25, -0.2) is 18.6 Å². The zero-order valence-electron chi connectivity index (χ0n) is 7.66. The average Bonchev–Trinajstić information content (AvgIpc) is 2.15. The van der Waals surface area contributed by atoms with E-state index in [4.69, 9.17) is 10.4 Å². The summed E-state index contributed by atoms with van der Waals surface area (Å²) in [7, 11) is 0. The van der Waals surface area contributed by atoms with Crippen molar-refractivity contribution in [2.24, 2.45) is 0 Å². The van der Waals surface area contributed by atoms with Gasteiger partial charge in [0, 0.05) is 5.69 Å². The van der Waals surface area contributed by atoms with E-state index in [1.165, 1.54) is 13.0 Å². The van der Waals surface area contributed by atoms with Crippen LogP contribution in [0, 0.1) is 18.3 Å². The smallest absolute Gasteiger partial charge is 0.354 e. The minimum atomic E-state index is -2.84. The lowest BCUT2D eigenvalue weighted by Crippen LogP contribution is -2.06. The lowest BCUT2D eigenvalue weighted by molar-refractivity contribution is 0.0689. The Balaban J connectivity index is 3.46. The summed E-state index contributed by atoms with van der Waals surface area (Å²) >= 11 is 0. The fraction of sp³-hybridized carbons (Fsp3) is 0.222. The fourth-order valence-corrected chi connectivity index (χ4v) is 1.16. The molecule has 0 amide bonds. The SMILES string of the molecule is Cc1nc(C(=O)O)cc(C#N)c1C(F)F. The van der Waals surface area contributed by atoms with E-state index in [0.29, 0.717) is 0 Å². The summed E-state index contributed by atoms with van der Waals surface area (Å²) in [6.07, 6.45) is -2.84. The molecule has 0 unspecified atom stereocenters. The molecule has 0 aliphatic heterocycles. The molecule has 0 saturated heterocycles. The van der Waals surface area contributed by atoms with Gasteiger partial charge in [0.25, 0.3) is 6.43 Å². The molecule has 0 aliphatic carbocycles. The van der Waals surface area contributed by atoms with Crippen molar-refractivity contribution in [3.8, 4) is 6.07 Å². The Morgan fingerprint density at radius 2 is 2.27 bits per heavy atom. The van der Waals surface area contributed by atoms with E-state index in [1.807, 2.05) is 0 Å². The topological polar surface area (TPSA) is 74.0 Å². The summed E-state index contributed by atoms with van der Waals surface area (Å²) in [6, 6.07) is 2.37. The van der Waals surface area contributed by atoms with Gasteiger partial charge in [-0.05, 0) is 13.0 Å². The normalized spacial score (nSPS) is 10.1. The molecule has 1 aromatic heterocycles. The van der Waals surface area contributed by atoms with Crippen molar-refractivity contribution in [2.75, 3.05) is 0 Å². The fourth-order valence-electron chi connectivity index (χ4n) is 1.16. The van der Waals surface area contributed by atoms with Crippen LogP contribution in [0.4, 0.5) is 8.78 Å². The highest BCUT2D eigenvalue weighted by atomic mass is 19.3. The van der Waals surface area contributed by atoms with Gasteiger partial charge in [-0.2, -0.15) is 5.26 Å². The minimum Gasteiger partial charge on any atom is -0.477 e. The van der Waals surface area contributed by atoms with Crippen LogP contribution in [0.15, 0.2) is 6.07 Å². The van der Waals surface area contributed by atoms with Crippen LogP contribution >= 0.6 is 0 Å². The van der Waals surface area contributed by atoms with Crippen molar-refractivity contribution in [1.29, 1.82) is 5.26 Å². The molecule has 0 saturated carbocycles. The summed E-state index contributed by atoms with van der Waals surface area (Å²) in [5, 5.41) is 17.2. The van der Waals surface area contributed by atoms with Gasteiger partial charge in [0.2, 0.25) is 0 Å². The van der Waals surface area contributed by atoms with Gasteiger partial charge in [0.05, 0.1) is 17.2 Å². The number of aromatic nitrogens is 1. The zero-order chi connectivity index (χ0) is 11.6. The summed E-state index contributed by atoms with van der Waals surface area (Å²) in [4.78, 5) is 14.0. The number of hydrogen-bond acceptors (Lipinski definition) is 3. The molecular weight excluding hydrogens is 206 g/mol. The molecule has 0 spiro atoms. The first kappa shape index (κ1) is 11.0. The van der Waals surface area contributed by atoms with E-state index in [0.717, 1.165) is 6.07 Å². The zero-order valence-corrected chi connectivity index (χ0v) is 7.66. The highest BCUT2D eigenvalue weighted by molar-refractivity contribution is 5.86. The molecule has 4 nitrogen and oxygen atoms in total. The predicted molar refractivity (Wildman–Crippen MR) is 45.6 cm³/mol. The summed E-state index contributed by atoms with van der Waals surface area (Å²) in [5.41, 5.74) is -1.41. The molecule has 0 atom stereocenters. The number of carboxylic acid groups (broad SMARTS) is 1. The number of nitrogens with zero attached hydrogens (tertiary/aromatic N) is 2. The van der Waals surface area contributed by atoms with Crippen LogP contribution in [0.2, 0.25) is 0 Å². The van der Waals surface area contributed by atoms with E-state index in [-0.39, 0.29) is 11.3 Å². The van der Waals surface area contributed by atoms with E-state index in [1.54, 1.807) is 0 Å². The van der Waals surface area contributed by atoms with E-state index >= 15 is 0 Å². The molecule has 15 heavy (non-hydrogen) atoms. The Morgan fingerprint density at radius 1 is 1.67 bits per heavy atom. The van der Waals surface area contributed by atoms with Gasteiger partial charge in [-0.3, -0.25) is 0 Å². The number of carboxylic acids is 1. The number of carbonyl (C=O) groups is 1. The van der Waals surface area contributed by atoms with E-state index in [2.05, 4.69) is 4.98 Å². The molecule has 0 bridgehead atoms. The molecule has 0 aromatic carbocycles.